The van der Waals surface area contributed by atoms with Gasteiger partial charge < -0.3 is 10.8 Å². The molecule has 1 unspecified atom stereocenters. The highest BCUT2D eigenvalue weighted by Gasteiger charge is 2.12. The van der Waals surface area contributed by atoms with E-state index in [0.29, 0.717) is 12.3 Å². The second-order valence-electron chi connectivity index (χ2n) is 4.18. The van der Waals surface area contributed by atoms with Crippen molar-refractivity contribution in [3.8, 4) is 5.75 Å². The lowest BCUT2D eigenvalue weighted by molar-refractivity contribution is 0.465. The first-order valence-electron chi connectivity index (χ1n) is 5.83. The molecule has 1 atom stereocenters. The number of hydrogen-bond donors (Lipinski definition) is 2. The fourth-order valence-electron chi connectivity index (χ4n) is 2.01. The van der Waals surface area contributed by atoms with E-state index in [9.17, 15) is 5.11 Å². The quantitative estimate of drug-likeness (QED) is 0.843. The fourth-order valence-corrected chi connectivity index (χ4v) is 2.01. The van der Waals surface area contributed by atoms with Gasteiger partial charge in [0, 0.05) is 5.92 Å². The van der Waals surface area contributed by atoms with Crippen LogP contribution in [0.2, 0.25) is 0 Å². The average Bonchev–Trinajstić information content (AvgIpc) is 2.39. The van der Waals surface area contributed by atoms with E-state index in [-0.39, 0.29) is 5.92 Å². The largest absolute Gasteiger partial charge is 0.508 e. The molecule has 88 valence electrons. The Kier molecular flexibility index (Phi) is 3.78. The van der Waals surface area contributed by atoms with Crippen LogP contribution in [0.4, 0.5) is 0 Å². The maximum absolute atomic E-state index is 9.76. The van der Waals surface area contributed by atoms with Gasteiger partial charge in [0.1, 0.15) is 5.75 Å². The van der Waals surface area contributed by atoms with Gasteiger partial charge in [-0.1, -0.05) is 48.5 Å². The second kappa shape index (κ2) is 5.51. The van der Waals surface area contributed by atoms with Crippen molar-refractivity contribution in [2.45, 2.75) is 12.3 Å². The highest BCUT2D eigenvalue weighted by molar-refractivity contribution is 5.34. The molecular weight excluding hydrogens is 210 g/mol. The maximum atomic E-state index is 9.76. The minimum atomic E-state index is 0.254. The van der Waals surface area contributed by atoms with Crippen molar-refractivity contribution in [3.05, 3.63) is 65.7 Å². The molecule has 0 saturated heterocycles. The van der Waals surface area contributed by atoms with Crippen LogP contribution in [-0.2, 0) is 6.42 Å². The van der Waals surface area contributed by atoms with Crippen molar-refractivity contribution in [3.63, 3.8) is 0 Å². The molecule has 0 aliphatic heterocycles. The molecule has 0 bridgehead atoms. The summed E-state index contributed by atoms with van der Waals surface area (Å²) >= 11 is 0. The number of nitrogens with two attached hydrogens (primary N) is 1. The third kappa shape index (κ3) is 2.86. The Balaban J connectivity index is 2.19. The first-order chi connectivity index (χ1) is 8.31. The van der Waals surface area contributed by atoms with E-state index in [2.05, 4.69) is 12.1 Å². The maximum Gasteiger partial charge on any atom is 0.118 e. The van der Waals surface area contributed by atoms with E-state index in [0.717, 1.165) is 12.0 Å². The minimum Gasteiger partial charge on any atom is -0.508 e. The van der Waals surface area contributed by atoms with E-state index in [1.807, 2.05) is 36.4 Å². The predicted molar refractivity (Wildman–Crippen MR) is 70.0 cm³/mol. The Labute approximate surface area is 102 Å². The lowest BCUT2D eigenvalue weighted by atomic mass is 9.92. The zero-order valence-electron chi connectivity index (χ0n) is 9.71. The van der Waals surface area contributed by atoms with E-state index >= 15 is 0 Å². The number of rotatable bonds is 4. The molecule has 0 fully saturated rings. The number of aromatic hydroxyl groups is 1. The third-order valence-electron chi connectivity index (χ3n) is 3.01. The fraction of sp³-hybridized carbons (Fsp3) is 0.200. The Hall–Kier alpha value is -1.80. The van der Waals surface area contributed by atoms with Crippen molar-refractivity contribution < 1.29 is 5.11 Å². The van der Waals surface area contributed by atoms with Gasteiger partial charge in [0.05, 0.1) is 0 Å². The zero-order valence-corrected chi connectivity index (χ0v) is 9.71. The highest BCUT2D eigenvalue weighted by Crippen LogP contribution is 2.24. The highest BCUT2D eigenvalue weighted by atomic mass is 16.3. The van der Waals surface area contributed by atoms with Crippen LogP contribution in [0.15, 0.2) is 54.6 Å². The lowest BCUT2D eigenvalue weighted by Crippen LogP contribution is -2.15. The van der Waals surface area contributed by atoms with Gasteiger partial charge in [-0.2, -0.15) is 0 Å². The van der Waals surface area contributed by atoms with Gasteiger partial charge in [0.25, 0.3) is 0 Å². The topological polar surface area (TPSA) is 46.2 Å². The molecule has 0 spiro atoms. The Morgan fingerprint density at radius 1 is 0.941 bits per heavy atom. The van der Waals surface area contributed by atoms with Gasteiger partial charge in [0.2, 0.25) is 0 Å². The van der Waals surface area contributed by atoms with Gasteiger partial charge in [-0.05, 0) is 30.2 Å². The number of phenols is 1. The van der Waals surface area contributed by atoms with E-state index < -0.39 is 0 Å². The summed E-state index contributed by atoms with van der Waals surface area (Å²) in [7, 11) is 0. The molecular formula is C15H17NO. The standard InChI is InChI=1S/C15H17NO/c16-11-14(12-6-2-1-3-7-12)10-13-8-4-5-9-15(13)17/h1-9,14,17H,10-11,16H2. The number of phenolic OH excluding ortho intramolecular Hbond substituents is 1. The Bertz CT molecular complexity index is 467. The Morgan fingerprint density at radius 3 is 2.24 bits per heavy atom. The van der Waals surface area contributed by atoms with Crippen LogP contribution in [0.5, 0.6) is 5.75 Å². The van der Waals surface area contributed by atoms with Gasteiger partial charge in [-0.3, -0.25) is 0 Å². The molecule has 0 aromatic heterocycles. The summed E-state index contributed by atoms with van der Waals surface area (Å²) in [5.74, 6) is 0.603. The first kappa shape index (κ1) is 11.7. The van der Waals surface area contributed by atoms with Crippen molar-refractivity contribution in [1.82, 2.24) is 0 Å². The summed E-state index contributed by atoms with van der Waals surface area (Å²) in [6, 6.07) is 17.6. The van der Waals surface area contributed by atoms with Crippen molar-refractivity contribution in [2.24, 2.45) is 5.73 Å². The van der Waals surface area contributed by atoms with E-state index in [1.54, 1.807) is 6.07 Å². The predicted octanol–water partition coefficient (Wildman–Crippen LogP) is 2.68. The van der Waals surface area contributed by atoms with Gasteiger partial charge in [-0.25, -0.2) is 0 Å². The molecule has 2 heteroatoms. The summed E-state index contributed by atoms with van der Waals surface area (Å²) < 4.78 is 0. The van der Waals surface area contributed by atoms with Gasteiger partial charge >= 0.3 is 0 Å². The summed E-state index contributed by atoms with van der Waals surface area (Å²) in [6.45, 7) is 0.582. The second-order valence-corrected chi connectivity index (χ2v) is 4.18. The van der Waals surface area contributed by atoms with Crippen molar-refractivity contribution in [2.75, 3.05) is 6.54 Å². The summed E-state index contributed by atoms with van der Waals surface area (Å²) in [6.07, 6.45) is 0.771. The SMILES string of the molecule is NCC(Cc1ccccc1O)c1ccccc1. The molecule has 2 nitrogen and oxygen atoms in total. The molecule has 0 aliphatic rings. The van der Waals surface area contributed by atoms with Crippen LogP contribution in [0.25, 0.3) is 0 Å². The van der Waals surface area contributed by atoms with Gasteiger partial charge in [0.15, 0.2) is 0 Å². The van der Waals surface area contributed by atoms with Crippen LogP contribution in [-0.4, -0.2) is 11.7 Å². The van der Waals surface area contributed by atoms with Gasteiger partial charge in [-0.15, -0.1) is 0 Å². The van der Waals surface area contributed by atoms with Crippen LogP contribution in [0.3, 0.4) is 0 Å². The molecule has 0 heterocycles. The number of benzene rings is 2. The normalized spacial score (nSPS) is 12.3. The number of para-hydroxylation sites is 1. The monoisotopic (exact) mass is 227 g/mol. The molecule has 2 rings (SSSR count). The molecule has 0 amide bonds. The van der Waals surface area contributed by atoms with Crippen LogP contribution in [0.1, 0.15) is 17.0 Å². The molecule has 3 N–H and O–H groups in total. The lowest BCUT2D eigenvalue weighted by Gasteiger charge is -2.15. The Morgan fingerprint density at radius 2 is 1.59 bits per heavy atom. The van der Waals surface area contributed by atoms with Crippen molar-refractivity contribution >= 4 is 0 Å². The van der Waals surface area contributed by atoms with E-state index in [4.69, 9.17) is 5.73 Å². The van der Waals surface area contributed by atoms with Crippen molar-refractivity contribution in [1.29, 1.82) is 0 Å². The summed E-state index contributed by atoms with van der Waals surface area (Å²) in [5.41, 5.74) is 7.99. The van der Waals surface area contributed by atoms with Crippen LogP contribution >= 0.6 is 0 Å². The zero-order chi connectivity index (χ0) is 12.1. The molecule has 0 aliphatic carbocycles. The third-order valence-corrected chi connectivity index (χ3v) is 3.01. The number of hydrogen-bond acceptors (Lipinski definition) is 2. The summed E-state index contributed by atoms with van der Waals surface area (Å²) in [4.78, 5) is 0. The first-order valence-corrected chi connectivity index (χ1v) is 5.83. The molecule has 0 saturated carbocycles. The minimum absolute atomic E-state index is 0.254. The molecule has 2 aromatic rings. The average molecular weight is 227 g/mol. The molecule has 17 heavy (non-hydrogen) atoms. The van der Waals surface area contributed by atoms with E-state index in [1.165, 1.54) is 5.56 Å². The smallest absolute Gasteiger partial charge is 0.118 e. The van der Waals surface area contributed by atoms with Crippen LogP contribution < -0.4 is 5.73 Å². The molecule has 2 aromatic carbocycles. The molecule has 0 radical (unpaired) electrons. The van der Waals surface area contributed by atoms with Crippen LogP contribution in [0, 0.1) is 0 Å². The summed E-state index contributed by atoms with van der Waals surface area (Å²) in [5, 5.41) is 9.76.